The van der Waals surface area contributed by atoms with Crippen molar-refractivity contribution in [2.75, 3.05) is 23.4 Å². The van der Waals surface area contributed by atoms with Gasteiger partial charge in [0.05, 0.1) is 18.4 Å². The maximum atomic E-state index is 14.7. The van der Waals surface area contributed by atoms with E-state index in [1.165, 1.54) is 24.3 Å². The number of halogens is 3. The van der Waals surface area contributed by atoms with Crippen LogP contribution < -0.4 is 15.0 Å². The van der Waals surface area contributed by atoms with Crippen molar-refractivity contribution in [2.24, 2.45) is 0 Å². The normalized spacial score (nSPS) is 13.2. The zero-order chi connectivity index (χ0) is 20.5. The maximum absolute atomic E-state index is 14.7. The maximum Gasteiger partial charge on any atom is 0.227 e. The lowest BCUT2D eigenvalue weighted by Crippen LogP contribution is -2.38. The van der Waals surface area contributed by atoms with E-state index in [-0.39, 0.29) is 29.0 Å². The molecular weight excluding hydrogens is 381 g/mol. The molecule has 0 saturated heterocycles. The van der Waals surface area contributed by atoms with Gasteiger partial charge in [0, 0.05) is 17.3 Å². The number of hydrogen-bond donors (Lipinski definition) is 1. The fraction of sp³-hybridized carbons (Fsp3) is 0.238. The summed E-state index contributed by atoms with van der Waals surface area (Å²) in [6, 6.07) is 8.71. The van der Waals surface area contributed by atoms with Crippen LogP contribution in [0.15, 0.2) is 42.6 Å². The first-order valence-electron chi connectivity index (χ1n) is 9.21. The van der Waals surface area contributed by atoms with E-state index in [1.54, 1.807) is 12.1 Å². The Morgan fingerprint density at radius 3 is 2.69 bits per heavy atom. The van der Waals surface area contributed by atoms with E-state index in [0.29, 0.717) is 24.5 Å². The smallest absolute Gasteiger partial charge is 0.227 e. The van der Waals surface area contributed by atoms with Gasteiger partial charge in [0.1, 0.15) is 18.1 Å². The van der Waals surface area contributed by atoms with Crippen LogP contribution in [0.25, 0.3) is 11.3 Å². The molecule has 0 aliphatic carbocycles. The first kappa shape index (κ1) is 19.0. The Kier molecular flexibility index (Phi) is 5.00. The highest BCUT2D eigenvalue weighted by Gasteiger charge is 2.25. The second kappa shape index (κ2) is 7.62. The van der Waals surface area contributed by atoms with Crippen molar-refractivity contribution in [3.8, 4) is 17.0 Å². The van der Waals surface area contributed by atoms with Gasteiger partial charge in [-0.05, 0) is 44.2 Å². The quantitative estimate of drug-likeness (QED) is 0.674. The third-order valence-corrected chi connectivity index (χ3v) is 4.63. The average molecular weight is 400 g/mol. The summed E-state index contributed by atoms with van der Waals surface area (Å²) in [5.41, 5.74) is 1.17. The first-order chi connectivity index (χ1) is 13.9. The molecule has 150 valence electrons. The molecule has 1 aromatic heterocycles. The Bertz CT molecular complexity index is 1060. The predicted molar refractivity (Wildman–Crippen MR) is 105 cm³/mol. The van der Waals surface area contributed by atoms with E-state index >= 15 is 0 Å². The number of nitrogens with one attached hydrogen (secondary N) is 1. The Morgan fingerprint density at radius 1 is 1.10 bits per heavy atom. The molecule has 0 unspecified atom stereocenters. The van der Waals surface area contributed by atoms with Gasteiger partial charge < -0.3 is 15.0 Å². The molecule has 0 fully saturated rings. The van der Waals surface area contributed by atoms with E-state index < -0.39 is 17.5 Å². The number of benzene rings is 2. The monoisotopic (exact) mass is 400 g/mol. The average Bonchev–Trinajstić information content (AvgIpc) is 2.69. The van der Waals surface area contributed by atoms with Crippen LogP contribution in [0.3, 0.4) is 0 Å². The fourth-order valence-electron chi connectivity index (χ4n) is 3.30. The minimum absolute atomic E-state index is 0.0603. The van der Waals surface area contributed by atoms with Crippen molar-refractivity contribution in [3.63, 3.8) is 0 Å². The molecule has 8 heteroatoms. The van der Waals surface area contributed by atoms with Crippen molar-refractivity contribution >= 4 is 17.3 Å². The standard InChI is InChI=1S/C21H19F3N4O/c1-12(2)28-6-7-29-20-16(23)8-13(9-18(20)28)19-17(24)11-25-21(27-19)26-15-5-3-4-14(22)10-15/h3-5,8-12H,6-7H2,1-2H3,(H,25,26,27). The largest absolute Gasteiger partial charge is 0.486 e. The zero-order valence-electron chi connectivity index (χ0n) is 15.9. The SMILES string of the molecule is CC(C)N1CCOc2c(F)cc(-c3nc(Nc4cccc(F)c4)ncc3F)cc21. The molecular formula is C21H19F3N4O. The van der Waals surface area contributed by atoms with E-state index in [2.05, 4.69) is 15.3 Å². The van der Waals surface area contributed by atoms with Gasteiger partial charge in [0.15, 0.2) is 17.4 Å². The zero-order valence-corrected chi connectivity index (χ0v) is 15.9. The van der Waals surface area contributed by atoms with Crippen molar-refractivity contribution in [1.82, 2.24) is 9.97 Å². The van der Waals surface area contributed by atoms with Crippen LogP contribution in [0.4, 0.5) is 30.5 Å². The number of fused-ring (bicyclic) bond motifs is 1. The molecule has 0 saturated carbocycles. The summed E-state index contributed by atoms with van der Waals surface area (Å²) in [5.74, 6) is -1.48. The molecule has 5 nitrogen and oxygen atoms in total. The van der Waals surface area contributed by atoms with E-state index in [0.717, 1.165) is 6.20 Å². The Morgan fingerprint density at radius 2 is 1.93 bits per heavy atom. The van der Waals surface area contributed by atoms with Gasteiger partial charge in [-0.25, -0.2) is 23.1 Å². The fourth-order valence-corrected chi connectivity index (χ4v) is 3.30. The molecule has 1 aliphatic heterocycles. The molecule has 0 bridgehead atoms. The van der Waals surface area contributed by atoms with E-state index in [1.807, 2.05) is 18.7 Å². The van der Waals surface area contributed by atoms with Crippen molar-refractivity contribution in [1.29, 1.82) is 0 Å². The molecule has 29 heavy (non-hydrogen) atoms. The van der Waals surface area contributed by atoms with Gasteiger partial charge in [-0.3, -0.25) is 0 Å². The molecule has 4 rings (SSSR count). The van der Waals surface area contributed by atoms with Gasteiger partial charge in [-0.2, -0.15) is 0 Å². The summed E-state index contributed by atoms with van der Waals surface area (Å²) in [6.45, 7) is 4.97. The summed E-state index contributed by atoms with van der Waals surface area (Å²) in [7, 11) is 0. The number of anilines is 3. The Balaban J connectivity index is 1.75. The molecule has 0 spiro atoms. The van der Waals surface area contributed by atoms with Gasteiger partial charge in [0.2, 0.25) is 5.95 Å². The topological polar surface area (TPSA) is 50.3 Å². The minimum Gasteiger partial charge on any atom is -0.486 e. The number of ether oxygens (including phenoxy) is 1. The van der Waals surface area contributed by atoms with Crippen molar-refractivity contribution < 1.29 is 17.9 Å². The number of aromatic nitrogens is 2. The molecule has 1 N–H and O–H groups in total. The molecule has 3 aromatic rings. The second-order valence-electron chi connectivity index (χ2n) is 6.97. The highest BCUT2D eigenvalue weighted by atomic mass is 19.1. The summed E-state index contributed by atoms with van der Waals surface area (Å²) in [5, 5.41) is 2.83. The van der Waals surface area contributed by atoms with Crippen molar-refractivity contribution in [3.05, 3.63) is 60.0 Å². The Labute approximate surface area is 166 Å². The van der Waals surface area contributed by atoms with Crippen LogP contribution in [0.1, 0.15) is 13.8 Å². The number of nitrogens with zero attached hydrogens (tertiary/aromatic N) is 3. The van der Waals surface area contributed by atoms with Gasteiger partial charge in [-0.1, -0.05) is 6.07 Å². The third-order valence-electron chi connectivity index (χ3n) is 4.63. The molecule has 0 amide bonds. The number of rotatable bonds is 4. The first-order valence-corrected chi connectivity index (χ1v) is 9.21. The highest BCUT2D eigenvalue weighted by Crippen LogP contribution is 2.39. The summed E-state index contributed by atoms with van der Waals surface area (Å²) >= 11 is 0. The van der Waals surface area contributed by atoms with E-state index in [9.17, 15) is 13.2 Å². The highest BCUT2D eigenvalue weighted by molar-refractivity contribution is 5.73. The molecule has 0 radical (unpaired) electrons. The summed E-state index contributed by atoms with van der Waals surface area (Å²) < 4.78 is 48.1. The van der Waals surface area contributed by atoms with Crippen LogP contribution in [0.2, 0.25) is 0 Å². The minimum atomic E-state index is -0.693. The molecule has 2 aromatic carbocycles. The lowest BCUT2D eigenvalue weighted by molar-refractivity contribution is 0.287. The van der Waals surface area contributed by atoms with Gasteiger partial charge in [-0.15, -0.1) is 0 Å². The van der Waals surface area contributed by atoms with Crippen LogP contribution in [0.5, 0.6) is 5.75 Å². The summed E-state index contributed by atoms with van der Waals surface area (Å²) in [6.07, 6.45) is 0.998. The van der Waals surface area contributed by atoms with E-state index in [4.69, 9.17) is 4.74 Å². The Hall–Kier alpha value is -3.29. The van der Waals surface area contributed by atoms with Crippen LogP contribution in [0, 0.1) is 17.5 Å². The lowest BCUT2D eigenvalue weighted by atomic mass is 10.1. The summed E-state index contributed by atoms with van der Waals surface area (Å²) in [4.78, 5) is 10.1. The lowest BCUT2D eigenvalue weighted by Gasteiger charge is -2.34. The molecule has 2 heterocycles. The molecule has 0 atom stereocenters. The number of hydrogen-bond acceptors (Lipinski definition) is 5. The van der Waals surface area contributed by atoms with Gasteiger partial charge >= 0.3 is 0 Å². The second-order valence-corrected chi connectivity index (χ2v) is 6.97. The predicted octanol–water partition coefficient (Wildman–Crippen LogP) is 4.91. The van der Waals surface area contributed by atoms with Crippen LogP contribution >= 0.6 is 0 Å². The van der Waals surface area contributed by atoms with Crippen molar-refractivity contribution in [2.45, 2.75) is 19.9 Å². The molecule has 1 aliphatic rings. The van der Waals surface area contributed by atoms with Crippen LogP contribution in [-0.2, 0) is 0 Å². The van der Waals surface area contributed by atoms with Crippen LogP contribution in [-0.4, -0.2) is 29.2 Å². The van der Waals surface area contributed by atoms with Gasteiger partial charge in [0.25, 0.3) is 0 Å². The third kappa shape index (κ3) is 3.83.